The SMILES string of the molecule is CC(C)CN(Cc1cncc(Br)c1)C1CC1. The van der Waals surface area contributed by atoms with Crippen molar-refractivity contribution in [3.63, 3.8) is 0 Å². The number of aromatic nitrogens is 1. The van der Waals surface area contributed by atoms with Crippen LogP contribution in [0.2, 0.25) is 0 Å². The summed E-state index contributed by atoms with van der Waals surface area (Å²) < 4.78 is 1.07. The van der Waals surface area contributed by atoms with Gasteiger partial charge in [0.15, 0.2) is 0 Å². The molecule has 0 bridgehead atoms. The molecule has 1 fully saturated rings. The highest BCUT2D eigenvalue weighted by atomic mass is 79.9. The van der Waals surface area contributed by atoms with E-state index in [0.29, 0.717) is 0 Å². The molecule has 1 aromatic heterocycles. The first-order chi connectivity index (χ1) is 7.65. The molecule has 0 spiro atoms. The first-order valence-electron chi connectivity index (χ1n) is 5.98. The minimum absolute atomic E-state index is 0.737. The van der Waals surface area contributed by atoms with Gasteiger partial charge in [0.05, 0.1) is 0 Å². The van der Waals surface area contributed by atoms with Crippen molar-refractivity contribution in [3.8, 4) is 0 Å². The second-order valence-corrected chi connectivity index (χ2v) is 5.98. The Morgan fingerprint density at radius 1 is 1.44 bits per heavy atom. The zero-order chi connectivity index (χ0) is 11.5. The summed E-state index contributed by atoms with van der Waals surface area (Å²) in [6, 6.07) is 2.99. The minimum Gasteiger partial charge on any atom is -0.296 e. The lowest BCUT2D eigenvalue weighted by Gasteiger charge is -2.23. The maximum absolute atomic E-state index is 4.22. The highest BCUT2D eigenvalue weighted by Gasteiger charge is 2.29. The summed E-state index contributed by atoms with van der Waals surface area (Å²) in [5.74, 6) is 0.737. The van der Waals surface area contributed by atoms with Gasteiger partial charge in [0, 0.05) is 36.0 Å². The lowest BCUT2D eigenvalue weighted by molar-refractivity contribution is 0.226. The first kappa shape index (κ1) is 12.1. The molecule has 1 saturated carbocycles. The minimum atomic E-state index is 0.737. The average molecular weight is 283 g/mol. The zero-order valence-electron chi connectivity index (χ0n) is 9.99. The van der Waals surface area contributed by atoms with Crippen molar-refractivity contribution >= 4 is 15.9 Å². The van der Waals surface area contributed by atoms with Gasteiger partial charge in [-0.2, -0.15) is 0 Å². The molecule has 2 nitrogen and oxygen atoms in total. The van der Waals surface area contributed by atoms with E-state index in [0.717, 1.165) is 23.0 Å². The Morgan fingerprint density at radius 2 is 2.19 bits per heavy atom. The molecule has 1 heterocycles. The summed E-state index contributed by atoms with van der Waals surface area (Å²) in [5, 5.41) is 0. The van der Waals surface area contributed by atoms with Crippen molar-refractivity contribution < 1.29 is 0 Å². The van der Waals surface area contributed by atoms with E-state index in [4.69, 9.17) is 0 Å². The van der Waals surface area contributed by atoms with E-state index in [1.165, 1.54) is 24.9 Å². The standard InChI is InChI=1S/C13H19BrN2/c1-10(2)8-16(13-3-4-13)9-11-5-12(14)7-15-6-11/h5-7,10,13H,3-4,8-9H2,1-2H3. The zero-order valence-corrected chi connectivity index (χ0v) is 11.6. The van der Waals surface area contributed by atoms with Crippen LogP contribution in [0.4, 0.5) is 0 Å². The molecule has 0 amide bonds. The monoisotopic (exact) mass is 282 g/mol. The third-order valence-corrected chi connectivity index (χ3v) is 3.24. The smallest absolute Gasteiger partial charge is 0.0410 e. The average Bonchev–Trinajstić information content (AvgIpc) is 2.99. The summed E-state index contributed by atoms with van der Waals surface area (Å²) in [6.07, 6.45) is 6.55. The summed E-state index contributed by atoms with van der Waals surface area (Å²) in [4.78, 5) is 6.81. The maximum Gasteiger partial charge on any atom is 0.0410 e. The van der Waals surface area contributed by atoms with Crippen molar-refractivity contribution in [2.45, 2.75) is 39.3 Å². The van der Waals surface area contributed by atoms with Gasteiger partial charge in [-0.05, 0) is 46.3 Å². The fourth-order valence-electron chi connectivity index (χ4n) is 2.03. The van der Waals surface area contributed by atoms with E-state index >= 15 is 0 Å². The Bertz CT molecular complexity index is 348. The molecule has 88 valence electrons. The van der Waals surface area contributed by atoms with Crippen molar-refractivity contribution in [3.05, 3.63) is 28.5 Å². The molecule has 0 aromatic carbocycles. The van der Waals surface area contributed by atoms with E-state index in [1.807, 2.05) is 12.4 Å². The van der Waals surface area contributed by atoms with Gasteiger partial charge in [0.2, 0.25) is 0 Å². The molecule has 16 heavy (non-hydrogen) atoms. The van der Waals surface area contributed by atoms with Gasteiger partial charge in [0.1, 0.15) is 0 Å². The van der Waals surface area contributed by atoms with Crippen molar-refractivity contribution in [2.75, 3.05) is 6.54 Å². The fraction of sp³-hybridized carbons (Fsp3) is 0.615. The molecular formula is C13H19BrN2. The lowest BCUT2D eigenvalue weighted by atomic mass is 10.2. The van der Waals surface area contributed by atoms with Crippen LogP contribution >= 0.6 is 15.9 Å². The number of halogens is 1. The molecule has 0 unspecified atom stereocenters. The van der Waals surface area contributed by atoms with E-state index in [-0.39, 0.29) is 0 Å². The molecule has 2 rings (SSSR count). The Labute approximate surface area is 106 Å². The molecular weight excluding hydrogens is 264 g/mol. The topological polar surface area (TPSA) is 16.1 Å². The molecule has 0 saturated heterocycles. The summed E-state index contributed by atoms with van der Waals surface area (Å²) in [6.45, 7) is 6.80. The second kappa shape index (κ2) is 5.28. The number of hydrogen-bond donors (Lipinski definition) is 0. The molecule has 1 aliphatic rings. The van der Waals surface area contributed by atoms with Crippen LogP contribution in [0.15, 0.2) is 22.9 Å². The van der Waals surface area contributed by atoms with Gasteiger partial charge in [-0.25, -0.2) is 0 Å². The highest BCUT2D eigenvalue weighted by molar-refractivity contribution is 9.10. The number of hydrogen-bond acceptors (Lipinski definition) is 2. The normalized spacial score (nSPS) is 16.1. The maximum atomic E-state index is 4.22. The molecule has 0 atom stereocenters. The summed E-state index contributed by atoms with van der Waals surface area (Å²) in [5.41, 5.74) is 1.31. The highest BCUT2D eigenvalue weighted by Crippen LogP contribution is 2.29. The van der Waals surface area contributed by atoms with Gasteiger partial charge in [-0.15, -0.1) is 0 Å². The lowest BCUT2D eigenvalue weighted by Crippen LogP contribution is -2.29. The van der Waals surface area contributed by atoms with Gasteiger partial charge < -0.3 is 0 Å². The number of nitrogens with zero attached hydrogens (tertiary/aromatic N) is 2. The number of pyridine rings is 1. The van der Waals surface area contributed by atoms with Gasteiger partial charge >= 0.3 is 0 Å². The van der Waals surface area contributed by atoms with Crippen molar-refractivity contribution in [2.24, 2.45) is 5.92 Å². The van der Waals surface area contributed by atoms with E-state index < -0.39 is 0 Å². The Kier molecular flexibility index (Phi) is 3.98. The molecule has 0 N–H and O–H groups in total. The molecule has 0 radical (unpaired) electrons. The van der Waals surface area contributed by atoms with Crippen LogP contribution in [-0.2, 0) is 6.54 Å². The van der Waals surface area contributed by atoms with Gasteiger partial charge in [-0.3, -0.25) is 9.88 Å². The van der Waals surface area contributed by atoms with Crippen LogP contribution in [0.1, 0.15) is 32.3 Å². The van der Waals surface area contributed by atoms with Crippen LogP contribution in [-0.4, -0.2) is 22.5 Å². The molecule has 1 aromatic rings. The van der Waals surface area contributed by atoms with Crippen LogP contribution in [0.5, 0.6) is 0 Å². The van der Waals surface area contributed by atoms with E-state index in [1.54, 1.807) is 0 Å². The summed E-state index contributed by atoms with van der Waals surface area (Å²) in [7, 11) is 0. The third kappa shape index (κ3) is 3.56. The van der Waals surface area contributed by atoms with Gasteiger partial charge in [0.25, 0.3) is 0 Å². The van der Waals surface area contributed by atoms with E-state index in [9.17, 15) is 0 Å². The second-order valence-electron chi connectivity index (χ2n) is 5.07. The van der Waals surface area contributed by atoms with Gasteiger partial charge in [-0.1, -0.05) is 13.8 Å². The number of rotatable bonds is 5. The summed E-state index contributed by atoms with van der Waals surface area (Å²) >= 11 is 3.47. The van der Waals surface area contributed by atoms with Crippen LogP contribution in [0, 0.1) is 5.92 Å². The fourth-order valence-corrected chi connectivity index (χ4v) is 2.44. The Balaban J connectivity index is 1.99. The molecule has 3 heteroatoms. The van der Waals surface area contributed by atoms with Crippen LogP contribution in [0.3, 0.4) is 0 Å². The van der Waals surface area contributed by atoms with Crippen molar-refractivity contribution in [1.82, 2.24) is 9.88 Å². The largest absolute Gasteiger partial charge is 0.296 e. The Morgan fingerprint density at radius 3 is 2.75 bits per heavy atom. The van der Waals surface area contributed by atoms with Crippen LogP contribution < -0.4 is 0 Å². The predicted octanol–water partition coefficient (Wildman–Crippen LogP) is 3.46. The third-order valence-electron chi connectivity index (χ3n) is 2.81. The van der Waals surface area contributed by atoms with E-state index in [2.05, 4.69) is 45.7 Å². The molecule has 0 aliphatic heterocycles. The predicted molar refractivity (Wildman–Crippen MR) is 70.2 cm³/mol. The Hall–Kier alpha value is -0.410. The quantitative estimate of drug-likeness (QED) is 0.822. The first-order valence-corrected chi connectivity index (χ1v) is 6.78. The van der Waals surface area contributed by atoms with Crippen molar-refractivity contribution in [1.29, 1.82) is 0 Å². The van der Waals surface area contributed by atoms with Crippen LogP contribution in [0.25, 0.3) is 0 Å². The molecule has 1 aliphatic carbocycles.